The minimum atomic E-state index is -4.14. The van der Waals surface area contributed by atoms with Gasteiger partial charge in [-0.3, -0.25) is 0 Å². The molecule has 170 valence electrons. The molecule has 32 heavy (non-hydrogen) atoms. The van der Waals surface area contributed by atoms with E-state index in [1.165, 1.54) is 12.4 Å². The van der Waals surface area contributed by atoms with Crippen molar-refractivity contribution in [3.8, 4) is 28.5 Å². The van der Waals surface area contributed by atoms with Crippen LogP contribution < -0.4 is 18.8 Å². The number of aromatic nitrogens is 3. The van der Waals surface area contributed by atoms with E-state index in [9.17, 15) is 8.42 Å². The maximum absolute atomic E-state index is 11.3. The van der Waals surface area contributed by atoms with Crippen molar-refractivity contribution < 1.29 is 26.8 Å². The van der Waals surface area contributed by atoms with E-state index in [1.807, 2.05) is 0 Å². The summed E-state index contributed by atoms with van der Waals surface area (Å²) in [5.41, 5.74) is 2.79. The molecular formula is C20H21ClN4O6S. The van der Waals surface area contributed by atoms with Gasteiger partial charge in [0.2, 0.25) is 0 Å². The molecule has 0 saturated heterocycles. The van der Waals surface area contributed by atoms with Gasteiger partial charge in [0, 0.05) is 41.2 Å². The maximum atomic E-state index is 11.3. The van der Waals surface area contributed by atoms with Gasteiger partial charge < -0.3 is 23.4 Å². The fourth-order valence-corrected chi connectivity index (χ4v) is 3.64. The fourth-order valence-electron chi connectivity index (χ4n) is 3.27. The van der Waals surface area contributed by atoms with Gasteiger partial charge in [-0.05, 0) is 24.3 Å². The van der Waals surface area contributed by atoms with Crippen LogP contribution in [0, 0.1) is 0 Å². The zero-order chi connectivity index (χ0) is 22.0. The Balaban J connectivity index is 0.00000289. The Morgan fingerprint density at radius 3 is 2.56 bits per heavy atom. The molecule has 0 bridgehead atoms. The highest BCUT2D eigenvalue weighted by molar-refractivity contribution is 7.84. The molecule has 0 unspecified atom stereocenters. The lowest BCUT2D eigenvalue weighted by atomic mass is 10.0. The maximum Gasteiger partial charge on any atom is 0.380 e. The van der Waals surface area contributed by atoms with Crippen LogP contribution in [0.3, 0.4) is 0 Å². The van der Waals surface area contributed by atoms with Crippen molar-refractivity contribution in [1.82, 2.24) is 15.0 Å². The predicted molar refractivity (Wildman–Crippen MR) is 122 cm³/mol. The van der Waals surface area contributed by atoms with E-state index in [1.54, 1.807) is 44.7 Å². The first-order chi connectivity index (χ1) is 14.9. The van der Waals surface area contributed by atoms with Crippen LogP contribution in [0.15, 0.2) is 42.9 Å². The van der Waals surface area contributed by atoms with E-state index in [4.69, 9.17) is 23.5 Å². The number of halogens is 1. The van der Waals surface area contributed by atoms with Crippen LogP contribution in [0.2, 0.25) is 0 Å². The van der Waals surface area contributed by atoms with E-state index >= 15 is 0 Å². The highest BCUT2D eigenvalue weighted by Gasteiger charge is 2.16. The van der Waals surface area contributed by atoms with E-state index in [0.29, 0.717) is 41.3 Å². The van der Waals surface area contributed by atoms with Crippen LogP contribution in [0.5, 0.6) is 17.2 Å². The normalized spacial score (nSPS) is 11.3. The van der Waals surface area contributed by atoms with Crippen LogP contribution in [0.25, 0.3) is 33.1 Å². The summed E-state index contributed by atoms with van der Waals surface area (Å²) in [6.45, 7) is 0.806. The van der Waals surface area contributed by atoms with Gasteiger partial charge in [-0.25, -0.2) is 9.97 Å². The molecule has 2 heterocycles. The molecule has 0 atom stereocenters. The van der Waals surface area contributed by atoms with Crippen molar-refractivity contribution in [3.63, 3.8) is 0 Å². The lowest BCUT2D eigenvalue weighted by Gasteiger charge is -2.13. The van der Waals surface area contributed by atoms with Crippen molar-refractivity contribution in [2.45, 2.75) is 0 Å². The molecule has 10 nitrogen and oxygen atoms in total. The van der Waals surface area contributed by atoms with Crippen LogP contribution in [-0.4, -0.2) is 50.8 Å². The first kappa shape index (κ1) is 23.5. The van der Waals surface area contributed by atoms with Gasteiger partial charge >= 0.3 is 10.3 Å². The number of rotatable bonds is 8. The van der Waals surface area contributed by atoms with Gasteiger partial charge in [0.1, 0.15) is 18.7 Å². The summed E-state index contributed by atoms with van der Waals surface area (Å²) in [5, 5.41) is 6.43. The third kappa shape index (κ3) is 4.86. The lowest BCUT2D eigenvalue weighted by molar-refractivity contribution is 0.144. The van der Waals surface area contributed by atoms with Crippen molar-refractivity contribution in [1.29, 1.82) is 0 Å². The molecule has 0 saturated carbocycles. The quantitative estimate of drug-likeness (QED) is 0.367. The number of hydrogen-bond acceptors (Lipinski definition) is 8. The topological polar surface area (TPSA) is 139 Å². The number of hydrogen-bond donors (Lipinski definition) is 2. The fraction of sp³-hybridized carbons (Fsp3) is 0.200. The minimum Gasteiger partial charge on any atom is -0.493 e. The van der Waals surface area contributed by atoms with Crippen molar-refractivity contribution >= 4 is 44.5 Å². The highest BCUT2D eigenvalue weighted by atomic mass is 35.5. The summed E-state index contributed by atoms with van der Waals surface area (Å²) in [5.74, 6) is 1.16. The molecular weight excluding hydrogens is 460 g/mol. The van der Waals surface area contributed by atoms with Gasteiger partial charge in [-0.2, -0.15) is 13.6 Å². The summed E-state index contributed by atoms with van der Waals surface area (Å²) in [6, 6.07) is 8.37. The molecule has 3 N–H and O–H groups in total. The second-order valence-electron chi connectivity index (χ2n) is 6.57. The average Bonchev–Trinajstić information content (AvgIpc) is 3.14. The zero-order valence-electron chi connectivity index (χ0n) is 17.2. The number of benzene rings is 2. The lowest BCUT2D eigenvalue weighted by Crippen LogP contribution is -2.18. The molecule has 4 rings (SSSR count). The van der Waals surface area contributed by atoms with E-state index in [-0.39, 0.29) is 18.2 Å². The first-order valence-electron chi connectivity index (χ1n) is 9.18. The average molecular weight is 481 g/mol. The van der Waals surface area contributed by atoms with Gasteiger partial charge in [0.15, 0.2) is 11.5 Å². The number of aromatic amines is 1. The standard InChI is InChI=1S/C20H20N4O6S.ClH/c1-27-5-6-29-19-9-17-14(8-18(19)28-2)20(24-11-23-17)15-10-22-16-4-3-12(7-13(15)16)30-31(21,25)26;/h3-4,7-11,22H,5-6H2,1-2H3,(H2,21,25,26);1H. The largest absolute Gasteiger partial charge is 0.493 e. The second-order valence-corrected chi connectivity index (χ2v) is 7.72. The van der Waals surface area contributed by atoms with Crippen molar-refractivity contribution in [3.05, 3.63) is 42.9 Å². The predicted octanol–water partition coefficient (Wildman–Crippen LogP) is 2.82. The van der Waals surface area contributed by atoms with Gasteiger partial charge in [0.25, 0.3) is 0 Å². The van der Waals surface area contributed by atoms with E-state index in [2.05, 4.69) is 15.0 Å². The Labute approximate surface area is 190 Å². The number of fused-ring (bicyclic) bond motifs is 2. The first-order valence-corrected chi connectivity index (χ1v) is 10.6. The van der Waals surface area contributed by atoms with Crippen LogP contribution >= 0.6 is 12.4 Å². The molecule has 0 spiro atoms. The summed E-state index contributed by atoms with van der Waals surface area (Å²) >= 11 is 0. The van der Waals surface area contributed by atoms with Gasteiger partial charge in [0.05, 0.1) is 24.9 Å². The summed E-state index contributed by atoms with van der Waals surface area (Å²) in [6.07, 6.45) is 3.23. The molecule has 0 radical (unpaired) electrons. The highest BCUT2D eigenvalue weighted by Crippen LogP contribution is 2.38. The summed E-state index contributed by atoms with van der Waals surface area (Å²) < 4.78 is 43.7. The third-order valence-electron chi connectivity index (χ3n) is 4.59. The van der Waals surface area contributed by atoms with Gasteiger partial charge in [-0.1, -0.05) is 0 Å². The smallest absolute Gasteiger partial charge is 0.380 e. The SMILES string of the molecule is COCCOc1cc2ncnc(-c3c[nH]c4ccc(OS(N)(=O)=O)cc34)c2cc1OC.Cl. The van der Waals surface area contributed by atoms with E-state index in [0.717, 1.165) is 16.5 Å². The molecule has 0 aliphatic rings. The summed E-state index contributed by atoms with van der Waals surface area (Å²) in [4.78, 5) is 12.0. The van der Waals surface area contributed by atoms with Crippen LogP contribution in [-0.2, 0) is 15.0 Å². The monoisotopic (exact) mass is 480 g/mol. The van der Waals surface area contributed by atoms with E-state index < -0.39 is 10.3 Å². The zero-order valence-corrected chi connectivity index (χ0v) is 18.8. The third-order valence-corrected chi connectivity index (χ3v) is 5.01. The molecule has 0 amide bonds. The minimum absolute atomic E-state index is 0. The Morgan fingerprint density at radius 2 is 1.84 bits per heavy atom. The number of nitrogens with one attached hydrogen (secondary N) is 1. The van der Waals surface area contributed by atoms with Crippen LogP contribution in [0.4, 0.5) is 0 Å². The van der Waals surface area contributed by atoms with Crippen molar-refractivity contribution in [2.75, 3.05) is 27.4 Å². The summed E-state index contributed by atoms with van der Waals surface area (Å²) in [7, 11) is -0.989. The second kappa shape index (κ2) is 9.57. The molecule has 2 aromatic carbocycles. The molecule has 0 aliphatic carbocycles. The Kier molecular flexibility index (Phi) is 7.04. The molecule has 4 aromatic rings. The molecule has 12 heteroatoms. The Bertz CT molecular complexity index is 1360. The van der Waals surface area contributed by atoms with Gasteiger partial charge in [-0.15, -0.1) is 12.4 Å². The Hall–Kier alpha value is -3.12. The Morgan fingerprint density at radius 1 is 1.03 bits per heavy atom. The molecule has 0 aliphatic heterocycles. The number of methoxy groups -OCH3 is 2. The molecule has 0 fully saturated rings. The number of ether oxygens (including phenoxy) is 3. The number of nitrogens with two attached hydrogens (primary N) is 1. The van der Waals surface area contributed by atoms with Crippen LogP contribution in [0.1, 0.15) is 0 Å². The molecule has 2 aromatic heterocycles. The number of nitrogens with zero attached hydrogens (tertiary/aromatic N) is 2. The van der Waals surface area contributed by atoms with Crippen molar-refractivity contribution in [2.24, 2.45) is 5.14 Å². The number of H-pyrrole nitrogens is 1.